The minimum absolute atomic E-state index is 0.0369. The molecular formula is C50H94N5O28P. The summed E-state index contributed by atoms with van der Waals surface area (Å²) in [4.78, 5) is 82.8. The fourth-order valence-corrected chi connectivity index (χ4v) is 9.02. The van der Waals surface area contributed by atoms with E-state index in [4.69, 9.17) is 51.9 Å². The second kappa shape index (κ2) is 40.3. The molecule has 3 fully saturated rings. The summed E-state index contributed by atoms with van der Waals surface area (Å²) in [5, 5.41) is 101. The molecule has 84 heavy (non-hydrogen) atoms. The number of carbonyl (C=O) groups is 5. The van der Waals surface area contributed by atoms with E-state index in [1.807, 2.05) is 0 Å². The van der Waals surface area contributed by atoms with E-state index in [0.29, 0.717) is 12.8 Å². The number of carbonyl (C=O) groups excluding carboxylic acids is 5. The van der Waals surface area contributed by atoms with Crippen molar-refractivity contribution in [3.05, 3.63) is 0 Å². The Kier molecular flexibility index (Phi) is 34.3. The van der Waals surface area contributed by atoms with Gasteiger partial charge in [0.2, 0.25) is 31.0 Å². The van der Waals surface area contributed by atoms with Gasteiger partial charge in [-0.15, -0.1) is 0 Å². The Morgan fingerprint density at radius 1 is 0.512 bits per heavy atom. The lowest BCUT2D eigenvalue weighted by Gasteiger charge is -2.40. The van der Waals surface area contributed by atoms with E-state index in [1.165, 1.54) is 0 Å². The number of hydrogen-bond acceptors (Lipinski definition) is 27. The molecule has 5 amide bonds. The standard InChI is InChI=1S/C50H92N5O28P.H2/c1-30-41(64)44(67)33(24-56)81-47(30)76-16-5-13-52-37(60)10-19-73-27-50(54-39(62)9-4-8-36(59)51-15-7-18-80-84(70,71)72,28-74-20-11-38(61)53-14-6-17-77-48-31(2)42(65)45(68)34(25-57)82-48)29-75-21-12-40(63)55-79-23-22-78-49-32(3)43(66)46(69)35(26-58)83-49;/h30-35,41-49,56-58,64-69H,4-29H2,1-3H3,(H,51,59)(H,52,60)(H,53,61)(H,54,62)(H,55,63)(H2,70,71,72);1H/t30?,31?,32?,33?,34?,35?,41-,42-,43-,44+,45+,46+,47-,48-,49-,50?;/m1./s1/i;1+2T/hT. The van der Waals surface area contributed by atoms with Crippen LogP contribution >= 0.6 is 7.82 Å². The van der Waals surface area contributed by atoms with Gasteiger partial charge in [0.25, 0.3) is 0 Å². The highest BCUT2D eigenvalue weighted by Crippen LogP contribution is 2.35. The molecule has 16 atom stereocenters. The lowest BCUT2D eigenvalue weighted by molar-refractivity contribution is -0.284. The largest absolute Gasteiger partial charge is 0.469 e. The SMILES string of the molecule is [3H]OP(=O)(O)OCCCNC(=O)CCCC(=O)NC(COCCC(=O)NCCCO[C@@H]1OC(CO)[C@H](O)[C@H](O)C1C)(COCCC(=O)NCCCO[C@@H]1OC(CO)[C@H](O)[C@H](O)C1C)COCCC(=O)NOCCO[C@@H]1OC(CO)[C@H](O)[C@H](O)C1C.[3H][3H]. The number of phosphoric ester groups is 1. The minimum atomic E-state index is -4.52. The number of nitrogens with one attached hydrogen (secondary N) is 5. The monoisotopic (exact) mass is 1250 g/mol. The zero-order valence-electron chi connectivity index (χ0n) is 50.8. The highest BCUT2D eigenvalue weighted by Gasteiger charge is 2.45. The molecule has 0 bridgehead atoms. The van der Waals surface area contributed by atoms with Gasteiger partial charge in [-0.2, -0.15) is 0 Å². The van der Waals surface area contributed by atoms with Gasteiger partial charge in [0, 0.05) is 66.0 Å². The Morgan fingerprint density at radius 2 is 0.881 bits per heavy atom. The maximum atomic E-state index is 13.7. The summed E-state index contributed by atoms with van der Waals surface area (Å²) in [7, 11) is -4.52. The summed E-state index contributed by atoms with van der Waals surface area (Å²) in [5.74, 6) is -4.38. The molecule has 492 valence electrons. The van der Waals surface area contributed by atoms with Gasteiger partial charge in [-0.3, -0.25) is 33.3 Å². The fourth-order valence-electron chi connectivity index (χ4n) is 8.66. The van der Waals surface area contributed by atoms with Crippen LogP contribution in [0.2, 0.25) is 0 Å². The number of aliphatic hydroxyl groups is 9. The Bertz CT molecular complexity index is 1830. The van der Waals surface area contributed by atoms with E-state index in [2.05, 4.69) is 36.2 Å². The number of aliphatic hydroxyl groups excluding tert-OH is 9. The van der Waals surface area contributed by atoms with E-state index in [1.54, 1.807) is 20.8 Å². The number of amides is 5. The molecule has 16 N–H and O–H groups in total. The average molecular weight is 1250 g/mol. The van der Waals surface area contributed by atoms with E-state index in [0.717, 1.165) is 0 Å². The van der Waals surface area contributed by atoms with Gasteiger partial charge in [0.1, 0.15) is 42.2 Å². The van der Waals surface area contributed by atoms with E-state index in [-0.39, 0.29) is 137 Å². The normalized spacial score (nSPS) is 29.7. The van der Waals surface area contributed by atoms with Crippen molar-refractivity contribution in [2.45, 2.75) is 158 Å². The summed E-state index contributed by atoms with van der Waals surface area (Å²) >= 11 is 0. The maximum Gasteiger partial charge on any atom is 0.469 e. The first-order chi connectivity index (χ1) is 41.5. The molecule has 3 aliphatic rings. The number of ether oxygens (including phenoxy) is 9. The van der Waals surface area contributed by atoms with E-state index >= 15 is 0 Å². The Labute approximate surface area is 491 Å². The van der Waals surface area contributed by atoms with Crippen LogP contribution in [0.3, 0.4) is 0 Å². The molecule has 0 aliphatic carbocycles. The van der Waals surface area contributed by atoms with Crippen molar-refractivity contribution in [3.8, 4) is 0 Å². The first-order valence-corrected chi connectivity index (χ1v) is 29.6. The molecule has 3 rings (SSSR count). The van der Waals surface area contributed by atoms with Crippen LogP contribution in [0.15, 0.2) is 0 Å². The van der Waals surface area contributed by atoms with E-state index < -0.39 is 154 Å². The van der Waals surface area contributed by atoms with Gasteiger partial charge >= 0.3 is 7.82 Å². The maximum absolute atomic E-state index is 13.7. The second-order valence-corrected chi connectivity index (χ2v) is 21.9. The van der Waals surface area contributed by atoms with Gasteiger partial charge in [0.15, 0.2) is 18.9 Å². The van der Waals surface area contributed by atoms with Crippen molar-refractivity contribution in [3.63, 3.8) is 0 Å². The fraction of sp³-hybridized carbons (Fsp3) is 0.900. The molecule has 3 heterocycles. The first-order valence-electron chi connectivity index (χ1n) is 29.5. The van der Waals surface area contributed by atoms with Gasteiger partial charge < -0.3 is 120 Å². The molecule has 3 aliphatic heterocycles. The molecule has 0 aromatic carbocycles. The predicted molar refractivity (Wildman–Crippen MR) is 287 cm³/mol. The Balaban J connectivity index is 0.0000128. The summed E-state index contributed by atoms with van der Waals surface area (Å²) in [6.45, 7) is 1.51. The topological polar surface area (TPSA) is 487 Å². The molecule has 33 nitrogen and oxygen atoms in total. The smallest absolute Gasteiger partial charge is 0.394 e. The number of rotatable bonds is 44. The third kappa shape index (κ3) is 27.8. The molecule has 34 heteroatoms. The quantitative estimate of drug-likeness (QED) is 0.0154. The molecule has 0 radical (unpaired) electrons. The van der Waals surface area contributed by atoms with Crippen molar-refractivity contribution in [1.29, 1.82) is 1.43 Å². The molecule has 7 unspecified atom stereocenters. The molecule has 0 aromatic heterocycles. The van der Waals surface area contributed by atoms with Crippen LogP contribution in [0.1, 0.15) is 81.5 Å². The summed E-state index contributed by atoms with van der Waals surface area (Å²) < 4.78 is 83.9. The van der Waals surface area contributed by atoms with Gasteiger partial charge in [-0.05, 0) is 25.7 Å². The summed E-state index contributed by atoms with van der Waals surface area (Å²) in [6.07, 6.45) is -13.6. The van der Waals surface area contributed by atoms with Crippen LogP contribution in [0.4, 0.5) is 0 Å². The zero-order valence-corrected chi connectivity index (χ0v) is 48.7. The van der Waals surface area contributed by atoms with Gasteiger partial charge in [0.05, 0.1) is 117 Å². The number of hydrogen-bond donors (Lipinski definition) is 16. The predicted octanol–water partition coefficient (Wildman–Crippen LogP) is -5.57. The highest BCUT2D eigenvalue weighted by atomic mass is 31.2. The van der Waals surface area contributed by atoms with Crippen molar-refractivity contribution in [2.24, 2.45) is 17.8 Å². The van der Waals surface area contributed by atoms with Crippen LogP contribution in [-0.4, -0.2) is 278 Å². The van der Waals surface area contributed by atoms with Crippen LogP contribution in [-0.2, 0) is 80.5 Å². The van der Waals surface area contributed by atoms with Crippen molar-refractivity contribution in [1.82, 2.24) is 26.7 Å². The third-order valence-electron chi connectivity index (χ3n) is 13.7. The van der Waals surface area contributed by atoms with E-state index in [9.17, 15) is 79.4 Å². The van der Waals surface area contributed by atoms with Crippen LogP contribution < -0.4 is 26.7 Å². The minimum Gasteiger partial charge on any atom is -0.394 e. The van der Waals surface area contributed by atoms with Crippen molar-refractivity contribution >= 4 is 37.4 Å². The van der Waals surface area contributed by atoms with Crippen LogP contribution in [0.25, 0.3) is 0 Å². The van der Waals surface area contributed by atoms with Gasteiger partial charge in [-0.25, -0.2) is 10.0 Å². The van der Waals surface area contributed by atoms with Crippen molar-refractivity contribution in [2.75, 3.05) is 112 Å². The number of hydroxylamine groups is 1. The highest BCUT2D eigenvalue weighted by molar-refractivity contribution is 7.46. The molecule has 3 saturated heterocycles. The molecule has 0 aromatic rings. The average Bonchev–Trinajstić information content (AvgIpc) is 3.70. The third-order valence-corrected chi connectivity index (χ3v) is 14.2. The number of phosphoric acid groups is 1. The summed E-state index contributed by atoms with van der Waals surface area (Å²) in [6, 6.07) is 0. The zero-order chi connectivity index (χ0) is 65.0. The van der Waals surface area contributed by atoms with Crippen LogP contribution in [0.5, 0.6) is 0 Å². The Hall–Kier alpha value is -3.30. The second-order valence-electron chi connectivity index (χ2n) is 20.7. The summed E-state index contributed by atoms with van der Waals surface area (Å²) in [5.41, 5.74) is 0.688. The molecular weight excluding hydrogens is 1150 g/mol. The Morgan fingerprint density at radius 3 is 1.29 bits per heavy atom. The van der Waals surface area contributed by atoms with Gasteiger partial charge in [-0.1, -0.05) is 20.8 Å². The van der Waals surface area contributed by atoms with Crippen LogP contribution in [0, 0.1) is 17.8 Å². The lowest BCUT2D eigenvalue weighted by atomic mass is 9.92. The van der Waals surface area contributed by atoms with Crippen molar-refractivity contribution < 1.29 is 139 Å². The lowest BCUT2D eigenvalue weighted by Crippen LogP contribution is -2.58. The molecule has 0 saturated carbocycles. The first kappa shape index (κ1) is 71.5. The molecule has 0 spiro atoms.